The van der Waals surface area contributed by atoms with Crippen molar-refractivity contribution < 1.29 is 13.9 Å². The van der Waals surface area contributed by atoms with E-state index in [0.717, 1.165) is 39.9 Å². The van der Waals surface area contributed by atoms with E-state index >= 15 is 0 Å². The molecule has 1 aromatic heterocycles. The number of aromatic nitrogens is 1. The summed E-state index contributed by atoms with van der Waals surface area (Å²) in [5, 5.41) is 4.05. The van der Waals surface area contributed by atoms with Crippen LogP contribution in [0.5, 0.6) is 5.75 Å². The summed E-state index contributed by atoms with van der Waals surface area (Å²) in [5.74, 6) is 0.00694. The molecule has 0 fully saturated rings. The minimum atomic E-state index is -0.343. The van der Waals surface area contributed by atoms with Gasteiger partial charge in [0.15, 0.2) is 0 Å². The van der Waals surface area contributed by atoms with E-state index in [-0.39, 0.29) is 24.1 Å². The predicted molar refractivity (Wildman–Crippen MR) is 166 cm³/mol. The lowest BCUT2D eigenvalue weighted by Crippen LogP contribution is -2.16. The third kappa shape index (κ3) is 6.42. The number of benzene rings is 5. The van der Waals surface area contributed by atoms with E-state index in [9.17, 15) is 9.18 Å². The molecule has 6 aromatic rings. The molecule has 0 bridgehead atoms. The molecule has 1 heterocycles. The first kappa shape index (κ1) is 27.0. The standard InChI is InChI=1S/C37H31FN2O2/c38-30-18-20-31(21-19-30)39-37(41)23-34(29-14-9-15-32(22-29)42-26-28-12-5-2-6-13-28)35-25-40(24-27-10-3-1-4-11-27)36-17-8-7-16-33(35)36/h1-22,25,34H,23-24,26H2,(H,39,41)/t34-/m0/s1. The summed E-state index contributed by atoms with van der Waals surface area (Å²) < 4.78 is 21.9. The van der Waals surface area contributed by atoms with Crippen molar-refractivity contribution in [2.45, 2.75) is 25.5 Å². The maximum atomic E-state index is 13.5. The number of nitrogens with zero attached hydrogens (tertiary/aromatic N) is 1. The van der Waals surface area contributed by atoms with Gasteiger partial charge in [0.05, 0.1) is 0 Å². The van der Waals surface area contributed by atoms with E-state index in [1.165, 1.54) is 17.7 Å². The number of hydrogen-bond donors (Lipinski definition) is 1. The topological polar surface area (TPSA) is 43.3 Å². The molecule has 0 aliphatic rings. The molecule has 5 aromatic carbocycles. The van der Waals surface area contributed by atoms with Crippen LogP contribution < -0.4 is 10.1 Å². The SMILES string of the molecule is O=C(C[C@@H](c1cccc(OCc2ccccc2)c1)c1cn(Cc2ccccc2)c2ccccc12)Nc1ccc(F)cc1. The van der Waals surface area contributed by atoms with Crippen molar-refractivity contribution in [2.75, 3.05) is 5.32 Å². The smallest absolute Gasteiger partial charge is 0.225 e. The van der Waals surface area contributed by atoms with E-state index in [0.29, 0.717) is 12.3 Å². The van der Waals surface area contributed by atoms with Crippen LogP contribution in [0.25, 0.3) is 10.9 Å². The predicted octanol–water partition coefficient (Wildman–Crippen LogP) is 8.57. The number of nitrogens with one attached hydrogen (secondary N) is 1. The van der Waals surface area contributed by atoms with Crippen LogP contribution in [0.3, 0.4) is 0 Å². The molecule has 1 amide bonds. The van der Waals surface area contributed by atoms with Gasteiger partial charge in [-0.3, -0.25) is 4.79 Å². The molecule has 0 unspecified atom stereocenters. The molecule has 0 saturated carbocycles. The largest absolute Gasteiger partial charge is 0.489 e. The van der Waals surface area contributed by atoms with Crippen LogP contribution in [0, 0.1) is 5.82 Å². The summed E-state index contributed by atoms with van der Waals surface area (Å²) in [5.41, 5.74) is 6.01. The van der Waals surface area contributed by atoms with Crippen molar-refractivity contribution in [1.29, 1.82) is 0 Å². The quantitative estimate of drug-likeness (QED) is 0.184. The van der Waals surface area contributed by atoms with E-state index in [4.69, 9.17) is 4.74 Å². The highest BCUT2D eigenvalue weighted by atomic mass is 19.1. The fourth-order valence-corrected chi connectivity index (χ4v) is 5.36. The number of ether oxygens (including phenoxy) is 1. The Balaban J connectivity index is 1.36. The lowest BCUT2D eigenvalue weighted by Gasteiger charge is -2.18. The first-order valence-electron chi connectivity index (χ1n) is 14.1. The van der Waals surface area contributed by atoms with Crippen LogP contribution in [0.4, 0.5) is 10.1 Å². The fraction of sp³-hybridized carbons (Fsp3) is 0.108. The molecule has 1 atom stereocenters. The van der Waals surface area contributed by atoms with Gasteiger partial charge >= 0.3 is 0 Å². The number of hydrogen-bond acceptors (Lipinski definition) is 2. The Kier molecular flexibility index (Phi) is 8.09. The second-order valence-electron chi connectivity index (χ2n) is 10.4. The Labute approximate surface area is 245 Å². The van der Waals surface area contributed by atoms with E-state index in [1.54, 1.807) is 12.1 Å². The van der Waals surface area contributed by atoms with Gasteiger partial charge in [0.2, 0.25) is 5.91 Å². The lowest BCUT2D eigenvalue weighted by atomic mass is 9.88. The van der Waals surface area contributed by atoms with Crippen molar-refractivity contribution in [3.63, 3.8) is 0 Å². The first-order chi connectivity index (χ1) is 20.6. The molecule has 5 heteroatoms. The lowest BCUT2D eigenvalue weighted by molar-refractivity contribution is -0.116. The summed E-state index contributed by atoms with van der Waals surface area (Å²) in [7, 11) is 0. The van der Waals surface area contributed by atoms with Gasteiger partial charge in [-0.15, -0.1) is 0 Å². The van der Waals surface area contributed by atoms with Crippen molar-refractivity contribution in [3.05, 3.63) is 168 Å². The van der Waals surface area contributed by atoms with Gasteiger partial charge in [0, 0.05) is 41.7 Å². The fourth-order valence-electron chi connectivity index (χ4n) is 5.36. The van der Waals surface area contributed by atoms with Crippen LogP contribution in [0.1, 0.15) is 34.6 Å². The molecular formula is C37H31FN2O2. The van der Waals surface area contributed by atoms with Gasteiger partial charge in [0.1, 0.15) is 18.2 Å². The number of rotatable bonds is 10. The van der Waals surface area contributed by atoms with Crippen LogP contribution in [0.15, 0.2) is 140 Å². The molecular weight excluding hydrogens is 523 g/mol. The first-order valence-corrected chi connectivity index (χ1v) is 14.1. The normalized spacial score (nSPS) is 11.7. The summed E-state index contributed by atoms with van der Waals surface area (Å²) >= 11 is 0. The molecule has 0 saturated heterocycles. The Hall–Kier alpha value is -5.16. The molecule has 4 nitrogen and oxygen atoms in total. The van der Waals surface area contributed by atoms with Gasteiger partial charge in [-0.2, -0.15) is 0 Å². The van der Waals surface area contributed by atoms with Crippen molar-refractivity contribution in [2.24, 2.45) is 0 Å². The number of carbonyl (C=O) groups excluding carboxylic acids is 1. The van der Waals surface area contributed by atoms with E-state index in [1.807, 2.05) is 78.9 Å². The number of para-hydroxylation sites is 1. The summed E-state index contributed by atoms with van der Waals surface area (Å²) in [4.78, 5) is 13.4. The van der Waals surface area contributed by atoms with E-state index in [2.05, 4.69) is 46.4 Å². The monoisotopic (exact) mass is 554 g/mol. The third-order valence-electron chi connectivity index (χ3n) is 7.42. The minimum absolute atomic E-state index is 0.151. The van der Waals surface area contributed by atoms with Gasteiger partial charge in [-0.25, -0.2) is 4.39 Å². The Bertz CT molecular complexity index is 1780. The van der Waals surface area contributed by atoms with Crippen LogP contribution in [0.2, 0.25) is 0 Å². The number of fused-ring (bicyclic) bond motifs is 1. The van der Waals surface area contributed by atoms with Crippen LogP contribution in [-0.2, 0) is 17.9 Å². The zero-order chi connectivity index (χ0) is 28.7. The maximum absolute atomic E-state index is 13.5. The molecule has 1 N–H and O–H groups in total. The summed E-state index contributed by atoms with van der Waals surface area (Å²) in [6.07, 6.45) is 2.38. The van der Waals surface area contributed by atoms with Crippen molar-refractivity contribution >= 4 is 22.5 Å². The number of anilines is 1. The van der Waals surface area contributed by atoms with Crippen LogP contribution >= 0.6 is 0 Å². The second kappa shape index (κ2) is 12.6. The number of amides is 1. The zero-order valence-electron chi connectivity index (χ0n) is 23.1. The highest BCUT2D eigenvalue weighted by Crippen LogP contribution is 2.36. The Morgan fingerprint density at radius 3 is 2.21 bits per heavy atom. The van der Waals surface area contributed by atoms with Crippen molar-refractivity contribution in [1.82, 2.24) is 4.57 Å². The highest BCUT2D eigenvalue weighted by Gasteiger charge is 2.23. The zero-order valence-corrected chi connectivity index (χ0v) is 23.1. The molecule has 208 valence electrons. The van der Waals surface area contributed by atoms with Crippen molar-refractivity contribution in [3.8, 4) is 5.75 Å². The molecule has 0 aliphatic heterocycles. The maximum Gasteiger partial charge on any atom is 0.225 e. The average Bonchev–Trinajstić information content (AvgIpc) is 3.39. The summed E-state index contributed by atoms with van der Waals surface area (Å²) in [6.45, 7) is 1.17. The van der Waals surface area contributed by atoms with E-state index < -0.39 is 0 Å². The molecule has 6 rings (SSSR count). The number of halogens is 1. The Morgan fingerprint density at radius 2 is 1.45 bits per heavy atom. The van der Waals surface area contributed by atoms with Gasteiger partial charge in [-0.05, 0) is 64.7 Å². The van der Waals surface area contributed by atoms with Crippen LogP contribution in [-0.4, -0.2) is 10.5 Å². The molecule has 0 aliphatic carbocycles. The Morgan fingerprint density at radius 1 is 0.762 bits per heavy atom. The number of carbonyl (C=O) groups is 1. The molecule has 42 heavy (non-hydrogen) atoms. The van der Waals surface area contributed by atoms with Gasteiger partial charge in [-0.1, -0.05) is 91.0 Å². The second-order valence-corrected chi connectivity index (χ2v) is 10.4. The third-order valence-corrected chi connectivity index (χ3v) is 7.42. The summed E-state index contributed by atoms with van der Waals surface area (Å²) in [6, 6.07) is 42.6. The van der Waals surface area contributed by atoms with Gasteiger partial charge in [0.25, 0.3) is 0 Å². The van der Waals surface area contributed by atoms with Gasteiger partial charge < -0.3 is 14.6 Å². The highest BCUT2D eigenvalue weighted by molar-refractivity contribution is 5.93. The molecule has 0 spiro atoms. The minimum Gasteiger partial charge on any atom is -0.489 e. The average molecular weight is 555 g/mol. The molecule has 0 radical (unpaired) electrons.